The van der Waals surface area contributed by atoms with Crippen LogP contribution in [0, 0.1) is 0 Å². The lowest BCUT2D eigenvalue weighted by Crippen LogP contribution is -2.55. The van der Waals surface area contributed by atoms with E-state index in [1.165, 1.54) is 11.1 Å². The number of benzene rings is 2. The van der Waals surface area contributed by atoms with Gasteiger partial charge in [0.25, 0.3) is 5.91 Å². The minimum atomic E-state index is -1.49. The van der Waals surface area contributed by atoms with Gasteiger partial charge in [-0.3, -0.25) is 19.3 Å². The molecule has 0 spiro atoms. The fraction of sp³-hybridized carbons (Fsp3) is 0.261. The first-order valence-corrected chi connectivity index (χ1v) is 10.4. The fourth-order valence-electron chi connectivity index (χ4n) is 3.79. The normalized spacial score (nSPS) is 18.0. The first kappa shape index (κ1) is 30.4. The summed E-state index contributed by atoms with van der Waals surface area (Å²) in [5.74, 6) is 2.43. The van der Waals surface area contributed by atoms with Crippen LogP contribution in [-0.4, -0.2) is 62.6 Å². The third-order valence-electron chi connectivity index (χ3n) is 5.73. The van der Waals surface area contributed by atoms with Gasteiger partial charge in [0.05, 0.1) is 12.8 Å². The number of aliphatic carboxylic acids is 1. The summed E-state index contributed by atoms with van der Waals surface area (Å²) in [4.78, 5) is 52.4. The van der Waals surface area contributed by atoms with E-state index in [1.54, 1.807) is 31.2 Å². The van der Waals surface area contributed by atoms with Crippen LogP contribution < -0.4 is 11.6 Å². The second-order valence-corrected chi connectivity index (χ2v) is 7.99. The Labute approximate surface area is 220 Å². The zero-order valence-corrected chi connectivity index (χ0v) is 21.2. The highest BCUT2D eigenvalue weighted by molar-refractivity contribution is 6.08. The summed E-state index contributed by atoms with van der Waals surface area (Å²) >= 11 is 0. The molecule has 3 rings (SSSR count). The average Bonchev–Trinajstić information content (AvgIpc) is 2.99. The first-order valence-electron chi connectivity index (χ1n) is 10.4. The molecule has 2 aromatic rings. The smallest absolute Gasteiger partial charge is 0.347 e. The summed E-state index contributed by atoms with van der Waals surface area (Å²) in [5, 5.41) is 14.1. The third kappa shape index (κ3) is 5.76. The molecule has 1 heterocycles. The number of nitrogens with zero attached hydrogens (tertiary/aromatic N) is 4. The fourth-order valence-corrected chi connectivity index (χ4v) is 3.79. The van der Waals surface area contributed by atoms with Crippen LogP contribution in [0.5, 0.6) is 0 Å². The van der Waals surface area contributed by atoms with E-state index >= 15 is 0 Å². The predicted octanol–water partition coefficient (Wildman–Crippen LogP) is 1.68. The summed E-state index contributed by atoms with van der Waals surface area (Å²) in [6.45, 7) is 2.23. The van der Waals surface area contributed by atoms with Gasteiger partial charge >= 0.3 is 12.0 Å². The summed E-state index contributed by atoms with van der Waals surface area (Å²) in [5.41, 5.74) is 6.07. The van der Waals surface area contributed by atoms with Crippen LogP contribution in [-0.2, 0) is 26.5 Å². The molecule has 2 aromatic carbocycles. The Hall–Kier alpha value is -3.67. The van der Waals surface area contributed by atoms with Crippen molar-refractivity contribution >= 4 is 54.8 Å². The Morgan fingerprint density at radius 2 is 1.69 bits per heavy atom. The van der Waals surface area contributed by atoms with Crippen molar-refractivity contribution in [1.82, 2.24) is 14.9 Å². The maximum absolute atomic E-state index is 13.8. The summed E-state index contributed by atoms with van der Waals surface area (Å²) in [6.07, 6.45) is 1.44. The van der Waals surface area contributed by atoms with Crippen LogP contribution in [0.3, 0.4) is 0 Å². The van der Waals surface area contributed by atoms with Gasteiger partial charge in [-0.05, 0) is 23.6 Å². The molecule has 1 fully saturated rings. The molecular formula is C23H28Cl2N6O5. The molecule has 36 heavy (non-hydrogen) atoms. The molecule has 0 radical (unpaired) electrons. The summed E-state index contributed by atoms with van der Waals surface area (Å²) in [6, 6.07) is 13.5. The predicted molar refractivity (Wildman–Crippen MR) is 137 cm³/mol. The molecule has 4 amide bonds. The lowest BCUT2D eigenvalue weighted by atomic mass is 9.89. The Morgan fingerprint density at radius 1 is 1.11 bits per heavy atom. The number of urea groups is 1. The van der Waals surface area contributed by atoms with E-state index in [4.69, 9.17) is 11.6 Å². The number of hydrogen-bond donors (Lipinski definition) is 3. The van der Waals surface area contributed by atoms with Gasteiger partial charge in [-0.15, -0.1) is 24.8 Å². The highest BCUT2D eigenvalue weighted by atomic mass is 35.5. The molecule has 1 saturated heterocycles. The number of hydrazone groups is 1. The van der Waals surface area contributed by atoms with Crippen LogP contribution in [0.2, 0.25) is 0 Å². The molecule has 0 aliphatic carbocycles. The SMILES string of the molecule is CC(=O)N(C[C@H](N)C(=O)O)N1C(=O)N(Cc2ccccc2)[C@](C)(c2ccc(C=NN)cc2)C1=O.Cl.Cl. The van der Waals surface area contributed by atoms with Crippen molar-refractivity contribution in [2.24, 2.45) is 16.7 Å². The second kappa shape index (κ2) is 12.3. The van der Waals surface area contributed by atoms with Gasteiger partial charge in [0, 0.05) is 13.5 Å². The number of halogens is 2. The first-order chi connectivity index (χ1) is 16.1. The third-order valence-corrected chi connectivity index (χ3v) is 5.73. The molecule has 11 nitrogen and oxygen atoms in total. The molecule has 0 aromatic heterocycles. The van der Waals surface area contributed by atoms with Gasteiger partial charge in [0.15, 0.2) is 0 Å². The van der Waals surface area contributed by atoms with E-state index in [0.29, 0.717) is 16.1 Å². The van der Waals surface area contributed by atoms with E-state index < -0.39 is 41.9 Å². The average molecular weight is 539 g/mol. The number of hydrazine groups is 1. The summed E-state index contributed by atoms with van der Waals surface area (Å²) < 4.78 is 0. The van der Waals surface area contributed by atoms with Gasteiger partial charge in [0.1, 0.15) is 11.6 Å². The van der Waals surface area contributed by atoms with Crippen LogP contribution in [0.1, 0.15) is 30.5 Å². The molecular weight excluding hydrogens is 511 g/mol. The van der Waals surface area contributed by atoms with E-state index in [1.807, 2.05) is 30.3 Å². The standard InChI is InChI=1S/C23H26N6O5.2ClH/c1-15(30)28(14-19(24)20(31)32)29-21(33)23(2,18-10-8-16(9-11-18)12-26-25)27(22(29)34)13-17-6-4-3-5-7-17;;/h3-12,19H,13-14,24-25H2,1-2H3,(H,31,32);2*1H/t19-,23+;;/m0../s1. The lowest BCUT2D eigenvalue weighted by molar-refractivity contribution is -0.158. The van der Waals surface area contributed by atoms with E-state index in [2.05, 4.69) is 5.10 Å². The van der Waals surface area contributed by atoms with E-state index in [9.17, 15) is 24.3 Å². The molecule has 1 aliphatic heterocycles. The minimum absolute atomic E-state index is 0. The number of nitrogens with two attached hydrogens (primary N) is 2. The number of carboxylic acids is 1. The van der Waals surface area contributed by atoms with Gasteiger partial charge < -0.3 is 16.7 Å². The number of carboxylic acid groups (broad SMARTS) is 1. The second-order valence-electron chi connectivity index (χ2n) is 7.99. The van der Waals surface area contributed by atoms with Crippen molar-refractivity contribution in [3.63, 3.8) is 0 Å². The van der Waals surface area contributed by atoms with Crippen molar-refractivity contribution in [3.05, 3.63) is 71.3 Å². The molecule has 0 saturated carbocycles. The maximum Gasteiger partial charge on any atom is 0.347 e. The Kier molecular flexibility index (Phi) is 10.4. The van der Waals surface area contributed by atoms with Crippen LogP contribution in [0.4, 0.5) is 4.79 Å². The summed E-state index contributed by atoms with van der Waals surface area (Å²) in [7, 11) is 0. The molecule has 5 N–H and O–H groups in total. The number of carbonyl (C=O) groups excluding carboxylic acids is 3. The Balaban J connectivity index is 0.00000324. The van der Waals surface area contributed by atoms with Crippen molar-refractivity contribution in [2.45, 2.75) is 32.0 Å². The zero-order chi connectivity index (χ0) is 25.0. The molecule has 1 aliphatic rings. The van der Waals surface area contributed by atoms with Crippen molar-refractivity contribution in [1.29, 1.82) is 0 Å². The van der Waals surface area contributed by atoms with Crippen molar-refractivity contribution in [3.8, 4) is 0 Å². The number of rotatable bonds is 8. The largest absolute Gasteiger partial charge is 0.480 e. The van der Waals surface area contributed by atoms with Crippen LogP contribution >= 0.6 is 24.8 Å². The molecule has 13 heteroatoms. The molecule has 2 atom stereocenters. The number of amides is 4. The number of carbonyl (C=O) groups is 4. The Bertz CT molecular complexity index is 1130. The highest BCUT2D eigenvalue weighted by Gasteiger charge is 2.57. The monoisotopic (exact) mass is 538 g/mol. The van der Waals surface area contributed by atoms with Crippen LogP contribution in [0.15, 0.2) is 59.7 Å². The quantitative estimate of drug-likeness (QED) is 0.199. The van der Waals surface area contributed by atoms with Gasteiger partial charge in [0.2, 0.25) is 5.91 Å². The van der Waals surface area contributed by atoms with Gasteiger partial charge in [-0.2, -0.15) is 10.1 Å². The zero-order valence-electron chi connectivity index (χ0n) is 19.6. The van der Waals surface area contributed by atoms with Gasteiger partial charge in [-0.1, -0.05) is 54.6 Å². The highest BCUT2D eigenvalue weighted by Crippen LogP contribution is 2.39. The van der Waals surface area contributed by atoms with Crippen LogP contribution in [0.25, 0.3) is 0 Å². The topological polar surface area (TPSA) is 163 Å². The maximum atomic E-state index is 13.8. The van der Waals surface area contributed by atoms with E-state index in [-0.39, 0.29) is 31.4 Å². The van der Waals surface area contributed by atoms with Crippen molar-refractivity contribution in [2.75, 3.05) is 6.54 Å². The number of hydrogen-bond acceptors (Lipinski definition) is 7. The number of imide groups is 1. The van der Waals surface area contributed by atoms with E-state index in [0.717, 1.165) is 17.5 Å². The molecule has 194 valence electrons. The molecule has 0 unspecified atom stereocenters. The molecule has 0 bridgehead atoms. The van der Waals surface area contributed by atoms with Gasteiger partial charge in [-0.25, -0.2) is 9.80 Å². The Morgan fingerprint density at radius 3 is 2.19 bits per heavy atom. The van der Waals surface area contributed by atoms with Crippen molar-refractivity contribution < 1.29 is 24.3 Å². The lowest BCUT2D eigenvalue weighted by Gasteiger charge is -2.32. The minimum Gasteiger partial charge on any atom is -0.480 e.